The molecule has 0 aromatic heterocycles. The highest BCUT2D eigenvalue weighted by Crippen LogP contribution is 2.40. The number of methoxy groups -OCH3 is 2. The fourth-order valence-corrected chi connectivity index (χ4v) is 3.67. The van der Waals surface area contributed by atoms with Gasteiger partial charge in [0.15, 0.2) is 6.29 Å². The molecule has 5 nitrogen and oxygen atoms in total. The molecule has 2 aliphatic rings. The molecular weight excluding hydrogens is 292 g/mol. The molecule has 5 heteroatoms. The first-order valence-corrected chi connectivity index (χ1v) is 8.24. The monoisotopic (exact) mass is 318 g/mol. The maximum absolute atomic E-state index is 12.1. The highest BCUT2D eigenvalue weighted by atomic mass is 16.7. The van der Waals surface area contributed by atoms with Gasteiger partial charge in [-0.25, -0.2) is 0 Å². The molecule has 1 N–H and O–H groups in total. The van der Waals surface area contributed by atoms with Crippen LogP contribution in [-0.2, 0) is 19.7 Å². The topological polar surface area (TPSA) is 50.8 Å². The predicted octanol–water partition coefficient (Wildman–Crippen LogP) is 2.75. The number of nitrogens with one attached hydrogen (secondary N) is 1. The van der Waals surface area contributed by atoms with Crippen molar-refractivity contribution in [2.75, 3.05) is 37.5 Å². The summed E-state index contributed by atoms with van der Waals surface area (Å²) < 4.78 is 10.8. The minimum absolute atomic E-state index is 0.0754. The fourth-order valence-electron chi connectivity index (χ4n) is 3.67. The van der Waals surface area contributed by atoms with Crippen molar-refractivity contribution < 1.29 is 14.3 Å². The number of nitrogens with zero attached hydrogens (tertiary/aromatic N) is 1. The van der Waals surface area contributed by atoms with E-state index >= 15 is 0 Å². The molecule has 0 bridgehead atoms. The van der Waals surface area contributed by atoms with Gasteiger partial charge >= 0.3 is 0 Å². The van der Waals surface area contributed by atoms with Crippen LogP contribution < -0.4 is 10.2 Å². The normalized spacial score (nSPS) is 20.7. The second kappa shape index (κ2) is 6.13. The molecule has 1 fully saturated rings. The second-order valence-electron chi connectivity index (χ2n) is 6.97. The number of rotatable bonds is 4. The molecule has 0 unspecified atom stereocenters. The lowest BCUT2D eigenvalue weighted by Gasteiger charge is -2.36. The van der Waals surface area contributed by atoms with Gasteiger partial charge in [0.05, 0.1) is 5.41 Å². The lowest BCUT2D eigenvalue weighted by atomic mass is 9.85. The maximum Gasteiger partial charge on any atom is 0.234 e. The van der Waals surface area contributed by atoms with Crippen LogP contribution in [-0.4, -0.2) is 39.5 Å². The molecule has 126 valence electrons. The van der Waals surface area contributed by atoms with Gasteiger partial charge in [-0.3, -0.25) is 4.79 Å². The number of amides is 1. The van der Waals surface area contributed by atoms with E-state index in [1.165, 1.54) is 5.69 Å². The Balaban J connectivity index is 1.73. The number of ether oxygens (including phenoxy) is 2. The van der Waals surface area contributed by atoms with Crippen LogP contribution in [0.3, 0.4) is 0 Å². The van der Waals surface area contributed by atoms with Crippen molar-refractivity contribution in [1.29, 1.82) is 0 Å². The first-order chi connectivity index (χ1) is 11.0. The van der Waals surface area contributed by atoms with Crippen LogP contribution in [0, 0.1) is 5.92 Å². The van der Waals surface area contributed by atoms with Gasteiger partial charge in [-0.2, -0.15) is 0 Å². The first-order valence-electron chi connectivity index (χ1n) is 8.24. The van der Waals surface area contributed by atoms with Crippen LogP contribution in [0.25, 0.3) is 0 Å². The lowest BCUT2D eigenvalue weighted by molar-refractivity contribution is -0.141. The lowest BCUT2D eigenvalue weighted by Crippen LogP contribution is -2.39. The largest absolute Gasteiger partial charge is 0.371 e. The standard InChI is InChI=1S/C18H26N2O3/c1-18(2)14-11-13(5-6-15(14)19-17(18)21)20-9-7-12(8-10-20)16(22-3)23-4/h5-6,11-12,16H,7-10H2,1-4H3,(H,19,21). The van der Waals surface area contributed by atoms with Crippen molar-refractivity contribution in [3.8, 4) is 0 Å². The Morgan fingerprint density at radius 3 is 2.48 bits per heavy atom. The summed E-state index contributed by atoms with van der Waals surface area (Å²) in [5, 5.41) is 2.96. The van der Waals surface area contributed by atoms with Crippen molar-refractivity contribution in [1.82, 2.24) is 0 Å². The number of hydrogen-bond acceptors (Lipinski definition) is 4. The van der Waals surface area contributed by atoms with Gasteiger partial charge in [-0.1, -0.05) is 0 Å². The molecule has 2 aliphatic heterocycles. The number of hydrogen-bond donors (Lipinski definition) is 1. The summed E-state index contributed by atoms with van der Waals surface area (Å²) in [6.45, 7) is 5.92. The van der Waals surface area contributed by atoms with Crippen LogP contribution >= 0.6 is 0 Å². The molecule has 23 heavy (non-hydrogen) atoms. The molecule has 1 saturated heterocycles. The van der Waals surface area contributed by atoms with Gasteiger partial charge in [0.1, 0.15) is 0 Å². The average Bonchev–Trinajstić information content (AvgIpc) is 2.79. The summed E-state index contributed by atoms with van der Waals surface area (Å²) in [4.78, 5) is 14.5. The van der Waals surface area contributed by atoms with Crippen molar-refractivity contribution in [3.05, 3.63) is 23.8 Å². The Morgan fingerprint density at radius 2 is 1.87 bits per heavy atom. The van der Waals surface area contributed by atoms with Crippen LogP contribution in [0.4, 0.5) is 11.4 Å². The van der Waals surface area contributed by atoms with Crippen LogP contribution in [0.2, 0.25) is 0 Å². The smallest absolute Gasteiger partial charge is 0.234 e. The number of carbonyl (C=O) groups excluding carboxylic acids is 1. The van der Waals surface area contributed by atoms with Crippen molar-refractivity contribution in [2.24, 2.45) is 5.92 Å². The average molecular weight is 318 g/mol. The quantitative estimate of drug-likeness (QED) is 0.867. The van der Waals surface area contributed by atoms with E-state index in [9.17, 15) is 4.79 Å². The molecule has 1 aromatic rings. The van der Waals surface area contributed by atoms with Crippen LogP contribution in [0.15, 0.2) is 18.2 Å². The highest BCUT2D eigenvalue weighted by molar-refractivity contribution is 6.06. The Bertz CT molecular complexity index is 588. The van der Waals surface area contributed by atoms with Crippen LogP contribution in [0.1, 0.15) is 32.3 Å². The number of piperidine rings is 1. The van der Waals surface area contributed by atoms with Crippen molar-refractivity contribution in [3.63, 3.8) is 0 Å². The number of carbonyl (C=O) groups is 1. The van der Waals surface area contributed by atoms with E-state index in [-0.39, 0.29) is 12.2 Å². The SMILES string of the molecule is COC(OC)C1CCN(c2ccc3c(c2)C(C)(C)C(=O)N3)CC1. The molecule has 1 aromatic carbocycles. The summed E-state index contributed by atoms with van der Waals surface area (Å²) in [5.41, 5.74) is 2.77. The van der Waals surface area contributed by atoms with Gasteiger partial charge in [0.25, 0.3) is 0 Å². The summed E-state index contributed by atoms with van der Waals surface area (Å²) in [7, 11) is 3.40. The molecule has 2 heterocycles. The number of fused-ring (bicyclic) bond motifs is 1. The Hall–Kier alpha value is -1.59. The maximum atomic E-state index is 12.1. The summed E-state index contributed by atoms with van der Waals surface area (Å²) in [6.07, 6.45) is 1.98. The molecule has 0 aliphatic carbocycles. The zero-order chi connectivity index (χ0) is 16.6. The molecule has 0 atom stereocenters. The van der Waals surface area contributed by atoms with Crippen molar-refractivity contribution >= 4 is 17.3 Å². The summed E-state index contributed by atoms with van der Waals surface area (Å²) >= 11 is 0. The van der Waals surface area contributed by atoms with E-state index in [0.29, 0.717) is 5.92 Å². The Morgan fingerprint density at radius 1 is 1.22 bits per heavy atom. The summed E-state index contributed by atoms with van der Waals surface area (Å²) in [6, 6.07) is 6.29. The zero-order valence-electron chi connectivity index (χ0n) is 14.4. The molecular formula is C18H26N2O3. The molecule has 0 radical (unpaired) electrons. The van der Waals surface area contributed by atoms with Gasteiger partial charge < -0.3 is 19.7 Å². The third-order valence-corrected chi connectivity index (χ3v) is 5.25. The Kier molecular flexibility index (Phi) is 4.34. The van der Waals surface area contributed by atoms with Gasteiger partial charge in [0.2, 0.25) is 5.91 Å². The first kappa shape index (κ1) is 16.3. The number of anilines is 2. The van der Waals surface area contributed by atoms with Gasteiger partial charge in [-0.15, -0.1) is 0 Å². The van der Waals surface area contributed by atoms with E-state index in [2.05, 4.69) is 22.3 Å². The minimum Gasteiger partial charge on any atom is -0.371 e. The minimum atomic E-state index is -0.457. The van der Waals surface area contributed by atoms with E-state index in [0.717, 1.165) is 37.2 Å². The molecule has 0 saturated carbocycles. The molecule has 3 rings (SSSR count). The second-order valence-corrected chi connectivity index (χ2v) is 6.97. The third-order valence-electron chi connectivity index (χ3n) is 5.25. The zero-order valence-corrected chi connectivity index (χ0v) is 14.4. The van der Waals surface area contributed by atoms with Gasteiger partial charge in [-0.05, 0) is 50.5 Å². The molecule has 0 spiro atoms. The van der Waals surface area contributed by atoms with E-state index in [4.69, 9.17) is 9.47 Å². The van der Waals surface area contributed by atoms with E-state index in [1.54, 1.807) is 14.2 Å². The Labute approximate surface area is 137 Å². The predicted molar refractivity (Wildman–Crippen MR) is 90.8 cm³/mol. The molecule has 1 amide bonds. The van der Waals surface area contributed by atoms with Crippen LogP contribution in [0.5, 0.6) is 0 Å². The van der Waals surface area contributed by atoms with E-state index < -0.39 is 5.41 Å². The fraction of sp³-hybridized carbons (Fsp3) is 0.611. The third kappa shape index (κ3) is 2.83. The van der Waals surface area contributed by atoms with Crippen molar-refractivity contribution in [2.45, 2.75) is 38.4 Å². The number of benzene rings is 1. The highest BCUT2D eigenvalue weighted by Gasteiger charge is 2.38. The van der Waals surface area contributed by atoms with Gasteiger partial charge in [0, 0.05) is 44.6 Å². The van der Waals surface area contributed by atoms with E-state index in [1.807, 2.05) is 19.9 Å². The summed E-state index contributed by atoms with van der Waals surface area (Å²) in [5.74, 6) is 0.516.